The van der Waals surface area contributed by atoms with Crippen LogP contribution in [0.4, 0.5) is 0 Å². The fourth-order valence-corrected chi connectivity index (χ4v) is 4.22. The molecular formula is C16H19ClN2O2S. The van der Waals surface area contributed by atoms with E-state index in [4.69, 9.17) is 11.6 Å². The third-order valence-electron chi connectivity index (χ3n) is 3.94. The zero-order valence-electron chi connectivity index (χ0n) is 12.4. The van der Waals surface area contributed by atoms with Crippen molar-refractivity contribution in [2.75, 3.05) is 6.54 Å². The molecule has 1 N–H and O–H groups in total. The Balaban J connectivity index is 1.69. The molecule has 1 aliphatic carbocycles. The molecule has 0 radical (unpaired) electrons. The van der Waals surface area contributed by atoms with Gasteiger partial charge in [-0.3, -0.25) is 9.59 Å². The molecule has 1 aromatic carbocycles. The molecule has 0 aromatic heterocycles. The highest BCUT2D eigenvalue weighted by atomic mass is 35.5. The number of hydrogen-bond acceptors (Lipinski definition) is 3. The Bertz CT molecular complexity index is 591. The van der Waals surface area contributed by atoms with E-state index < -0.39 is 0 Å². The Labute approximate surface area is 139 Å². The number of nitrogens with one attached hydrogen (secondary N) is 1. The Morgan fingerprint density at radius 1 is 1.41 bits per heavy atom. The SMILES string of the molecule is C[C@H]1S[C@H](c2ccccc2Cl)N(CCC(=O)NC2CC2)C1=O. The Hall–Kier alpha value is -1.20. The number of carbonyl (C=O) groups excluding carboxylic acids is 2. The van der Waals surface area contributed by atoms with Gasteiger partial charge >= 0.3 is 0 Å². The van der Waals surface area contributed by atoms with Crippen molar-refractivity contribution in [1.29, 1.82) is 0 Å². The first-order valence-electron chi connectivity index (χ1n) is 7.56. The summed E-state index contributed by atoms with van der Waals surface area (Å²) in [5.41, 5.74) is 0.939. The standard InChI is InChI=1S/C16H19ClN2O2S/c1-10-15(21)19(9-8-14(20)18-11-6-7-11)16(22-10)12-4-2-3-5-13(12)17/h2-5,10-11,16H,6-9H2,1H3,(H,18,20)/t10-,16-/m1/s1. The number of thioether (sulfide) groups is 1. The lowest BCUT2D eigenvalue weighted by Gasteiger charge is -2.24. The summed E-state index contributed by atoms with van der Waals surface area (Å²) in [4.78, 5) is 26.0. The maximum Gasteiger partial charge on any atom is 0.236 e. The highest BCUT2D eigenvalue weighted by molar-refractivity contribution is 8.01. The molecule has 2 aliphatic rings. The van der Waals surface area contributed by atoms with E-state index in [1.807, 2.05) is 31.2 Å². The average Bonchev–Trinajstić information content (AvgIpc) is 3.25. The highest BCUT2D eigenvalue weighted by Crippen LogP contribution is 2.44. The summed E-state index contributed by atoms with van der Waals surface area (Å²) >= 11 is 7.86. The van der Waals surface area contributed by atoms with Crippen LogP contribution in [0.5, 0.6) is 0 Å². The fraction of sp³-hybridized carbons (Fsp3) is 0.500. The molecule has 6 heteroatoms. The van der Waals surface area contributed by atoms with Crippen LogP contribution in [0.25, 0.3) is 0 Å². The number of halogens is 1. The van der Waals surface area contributed by atoms with Crippen LogP contribution in [0.2, 0.25) is 5.02 Å². The molecule has 22 heavy (non-hydrogen) atoms. The van der Waals surface area contributed by atoms with E-state index >= 15 is 0 Å². The molecule has 0 bridgehead atoms. The molecular weight excluding hydrogens is 320 g/mol. The van der Waals surface area contributed by atoms with Crippen LogP contribution < -0.4 is 5.32 Å². The second kappa shape index (κ2) is 6.50. The zero-order valence-corrected chi connectivity index (χ0v) is 14.0. The van der Waals surface area contributed by atoms with Crippen LogP contribution in [0.3, 0.4) is 0 Å². The van der Waals surface area contributed by atoms with Crippen LogP contribution in [-0.4, -0.2) is 34.6 Å². The lowest BCUT2D eigenvalue weighted by Crippen LogP contribution is -2.35. The van der Waals surface area contributed by atoms with Crippen molar-refractivity contribution in [2.24, 2.45) is 0 Å². The van der Waals surface area contributed by atoms with E-state index in [9.17, 15) is 9.59 Å². The van der Waals surface area contributed by atoms with E-state index in [0.29, 0.717) is 24.0 Å². The third kappa shape index (κ3) is 3.41. The maximum atomic E-state index is 12.4. The Morgan fingerprint density at radius 3 is 2.82 bits per heavy atom. The van der Waals surface area contributed by atoms with E-state index in [-0.39, 0.29) is 22.4 Å². The van der Waals surface area contributed by atoms with Crippen molar-refractivity contribution in [3.63, 3.8) is 0 Å². The van der Waals surface area contributed by atoms with Gasteiger partial charge in [-0.05, 0) is 25.8 Å². The maximum absolute atomic E-state index is 12.4. The lowest BCUT2D eigenvalue weighted by atomic mass is 10.2. The normalized spacial score (nSPS) is 24.6. The van der Waals surface area contributed by atoms with Gasteiger partial charge in [-0.2, -0.15) is 0 Å². The summed E-state index contributed by atoms with van der Waals surface area (Å²) in [5.74, 6) is 0.104. The van der Waals surface area contributed by atoms with Crippen molar-refractivity contribution in [3.05, 3.63) is 34.9 Å². The topological polar surface area (TPSA) is 49.4 Å². The second-order valence-corrected chi connectivity index (χ2v) is 7.61. The Kier molecular flexibility index (Phi) is 4.64. The minimum absolute atomic E-state index is 0.0257. The first-order valence-corrected chi connectivity index (χ1v) is 8.88. The zero-order chi connectivity index (χ0) is 15.7. The molecule has 2 atom stereocenters. The number of benzene rings is 1. The molecule has 2 fully saturated rings. The van der Waals surface area contributed by atoms with Crippen LogP contribution in [-0.2, 0) is 9.59 Å². The molecule has 1 aromatic rings. The highest BCUT2D eigenvalue weighted by Gasteiger charge is 2.39. The average molecular weight is 339 g/mol. The molecule has 0 unspecified atom stereocenters. The monoisotopic (exact) mass is 338 g/mol. The molecule has 1 saturated carbocycles. The summed E-state index contributed by atoms with van der Waals surface area (Å²) in [6, 6.07) is 7.94. The number of amides is 2. The number of carbonyl (C=O) groups is 2. The minimum atomic E-state index is -0.107. The molecule has 3 rings (SSSR count). The molecule has 0 spiro atoms. The summed E-state index contributed by atoms with van der Waals surface area (Å²) in [7, 11) is 0. The van der Waals surface area contributed by atoms with Crippen LogP contribution in [0.15, 0.2) is 24.3 Å². The molecule has 4 nitrogen and oxygen atoms in total. The largest absolute Gasteiger partial charge is 0.353 e. The van der Waals surface area contributed by atoms with Gasteiger partial charge < -0.3 is 10.2 Å². The van der Waals surface area contributed by atoms with Crippen molar-refractivity contribution in [1.82, 2.24) is 10.2 Å². The van der Waals surface area contributed by atoms with Gasteiger partial charge in [0.1, 0.15) is 5.37 Å². The van der Waals surface area contributed by atoms with E-state index in [0.717, 1.165) is 18.4 Å². The summed E-state index contributed by atoms with van der Waals surface area (Å²) in [6.45, 7) is 2.34. The van der Waals surface area contributed by atoms with Crippen molar-refractivity contribution >= 4 is 35.2 Å². The van der Waals surface area contributed by atoms with Gasteiger partial charge in [-0.1, -0.05) is 29.8 Å². The number of nitrogens with zero attached hydrogens (tertiary/aromatic N) is 1. The van der Waals surface area contributed by atoms with Gasteiger partial charge in [0.2, 0.25) is 11.8 Å². The predicted octanol–water partition coefficient (Wildman–Crippen LogP) is 2.97. The molecule has 1 heterocycles. The third-order valence-corrected chi connectivity index (χ3v) is 5.66. The fourth-order valence-electron chi connectivity index (χ4n) is 2.57. The van der Waals surface area contributed by atoms with Crippen molar-refractivity contribution < 1.29 is 9.59 Å². The van der Waals surface area contributed by atoms with E-state index in [2.05, 4.69) is 5.32 Å². The minimum Gasteiger partial charge on any atom is -0.353 e. The van der Waals surface area contributed by atoms with Gasteiger partial charge in [0.05, 0.1) is 5.25 Å². The molecule has 1 aliphatic heterocycles. The van der Waals surface area contributed by atoms with Crippen LogP contribution in [0, 0.1) is 0 Å². The quantitative estimate of drug-likeness (QED) is 0.898. The summed E-state index contributed by atoms with van der Waals surface area (Å²) < 4.78 is 0. The van der Waals surface area contributed by atoms with Gasteiger partial charge in [-0.15, -0.1) is 11.8 Å². The first-order chi connectivity index (χ1) is 10.6. The molecule has 1 saturated heterocycles. The molecule has 118 valence electrons. The van der Waals surface area contributed by atoms with Gasteiger partial charge in [-0.25, -0.2) is 0 Å². The predicted molar refractivity (Wildman–Crippen MR) is 88.7 cm³/mol. The van der Waals surface area contributed by atoms with Gasteiger partial charge in [0.15, 0.2) is 0 Å². The summed E-state index contributed by atoms with van der Waals surface area (Å²) in [6.07, 6.45) is 2.49. The van der Waals surface area contributed by atoms with Gasteiger partial charge in [0.25, 0.3) is 0 Å². The van der Waals surface area contributed by atoms with E-state index in [1.54, 1.807) is 16.7 Å². The van der Waals surface area contributed by atoms with Crippen LogP contribution in [0.1, 0.15) is 37.1 Å². The second-order valence-electron chi connectivity index (χ2n) is 5.78. The molecule has 2 amide bonds. The van der Waals surface area contributed by atoms with Crippen molar-refractivity contribution in [2.45, 2.75) is 42.9 Å². The summed E-state index contributed by atoms with van der Waals surface area (Å²) in [5, 5.41) is 3.41. The number of hydrogen-bond donors (Lipinski definition) is 1. The smallest absolute Gasteiger partial charge is 0.236 e. The van der Waals surface area contributed by atoms with Crippen LogP contribution >= 0.6 is 23.4 Å². The number of rotatable bonds is 5. The lowest BCUT2D eigenvalue weighted by molar-refractivity contribution is -0.130. The van der Waals surface area contributed by atoms with Gasteiger partial charge in [0, 0.05) is 29.6 Å². The first kappa shape index (κ1) is 15.7. The van der Waals surface area contributed by atoms with E-state index in [1.165, 1.54) is 0 Å². The Morgan fingerprint density at radius 2 is 2.14 bits per heavy atom. The van der Waals surface area contributed by atoms with Crippen molar-refractivity contribution in [3.8, 4) is 0 Å².